The molecule has 4 rings (SSSR count). The van der Waals surface area contributed by atoms with E-state index in [-0.39, 0.29) is 32.4 Å². The Kier molecular flexibility index (Phi) is 6.83. The number of aromatic nitrogens is 3. The summed E-state index contributed by atoms with van der Waals surface area (Å²) >= 11 is 0. The van der Waals surface area contributed by atoms with Gasteiger partial charge in [0.05, 0.1) is 58.0 Å². The first-order valence-corrected chi connectivity index (χ1v) is 13.4. The van der Waals surface area contributed by atoms with E-state index in [1.165, 1.54) is 44.6 Å². The van der Waals surface area contributed by atoms with Crippen LogP contribution in [0.25, 0.3) is 11.0 Å². The highest BCUT2D eigenvalue weighted by Gasteiger charge is 2.29. The molecule has 2 heterocycles. The number of benzene rings is 2. The van der Waals surface area contributed by atoms with Gasteiger partial charge >= 0.3 is 5.97 Å². The summed E-state index contributed by atoms with van der Waals surface area (Å²) in [5, 5.41) is 9.11. The highest BCUT2D eigenvalue weighted by atomic mass is 32.2. The number of aryl methyl sites for hydroxylation is 1. The summed E-state index contributed by atoms with van der Waals surface area (Å²) in [6.45, 7) is 3.62. The molecular formula is C24H23N3O7S2. The van der Waals surface area contributed by atoms with Crippen molar-refractivity contribution in [2.24, 2.45) is 0 Å². The van der Waals surface area contributed by atoms with Gasteiger partial charge < -0.3 is 14.6 Å². The van der Waals surface area contributed by atoms with E-state index in [2.05, 4.69) is 9.97 Å². The molecule has 0 spiro atoms. The average Bonchev–Trinajstić information content (AvgIpc) is 3.26. The maximum atomic E-state index is 13.8. The summed E-state index contributed by atoms with van der Waals surface area (Å²) in [4.78, 5) is 19.9. The molecule has 12 heteroatoms. The summed E-state index contributed by atoms with van der Waals surface area (Å²) in [7, 11) is -3.34. The first-order chi connectivity index (χ1) is 17.1. The van der Waals surface area contributed by atoms with Gasteiger partial charge in [-0.05, 0) is 44.2 Å². The fraction of sp³-hybridized carbons (Fsp3) is 0.208. The molecule has 1 unspecified atom stereocenters. The van der Waals surface area contributed by atoms with Crippen molar-refractivity contribution in [3.05, 3.63) is 71.0 Å². The molecule has 1 atom stereocenters. The van der Waals surface area contributed by atoms with E-state index in [1.807, 2.05) is 6.92 Å². The van der Waals surface area contributed by atoms with E-state index in [4.69, 9.17) is 9.47 Å². The third kappa shape index (κ3) is 4.44. The summed E-state index contributed by atoms with van der Waals surface area (Å²) in [6.07, 6.45) is 1.60. The zero-order valence-corrected chi connectivity index (χ0v) is 21.5. The largest absolute Gasteiger partial charge is 0.497 e. The lowest BCUT2D eigenvalue weighted by Crippen LogP contribution is -2.18. The number of hydrogen-bond acceptors (Lipinski definition) is 8. The molecule has 0 aliphatic carbocycles. The van der Waals surface area contributed by atoms with E-state index in [1.54, 1.807) is 19.2 Å². The van der Waals surface area contributed by atoms with Gasteiger partial charge in [0.25, 0.3) is 10.0 Å². The molecule has 188 valence electrons. The molecule has 0 radical (unpaired) electrons. The number of carbonyl (C=O) groups is 1. The topological polar surface area (TPSA) is 138 Å². The van der Waals surface area contributed by atoms with Gasteiger partial charge in [-0.3, -0.25) is 9.19 Å². The minimum absolute atomic E-state index is 0.117. The number of ether oxygens (including phenoxy) is 2. The molecule has 0 bridgehead atoms. The predicted molar refractivity (Wildman–Crippen MR) is 133 cm³/mol. The maximum absolute atomic E-state index is 13.8. The number of imidazole rings is 1. The molecule has 1 N–H and O–H groups in total. The van der Waals surface area contributed by atoms with Crippen LogP contribution in [0.1, 0.15) is 27.2 Å². The number of carboxylic acid groups (broad SMARTS) is 1. The minimum atomic E-state index is -4.38. The van der Waals surface area contributed by atoms with Crippen LogP contribution >= 0.6 is 0 Å². The van der Waals surface area contributed by atoms with Crippen molar-refractivity contribution in [1.82, 2.24) is 13.9 Å². The lowest BCUT2D eigenvalue weighted by Gasteiger charge is -2.13. The van der Waals surface area contributed by atoms with Crippen molar-refractivity contribution in [2.75, 3.05) is 14.2 Å². The zero-order chi connectivity index (χ0) is 26.2. The summed E-state index contributed by atoms with van der Waals surface area (Å²) in [5.41, 5.74) is 2.19. The molecule has 0 fully saturated rings. The van der Waals surface area contributed by atoms with Gasteiger partial charge in [-0.15, -0.1) is 0 Å². The average molecular weight is 530 g/mol. The maximum Gasteiger partial charge on any atom is 0.335 e. The van der Waals surface area contributed by atoms with Crippen LogP contribution in [0.15, 0.2) is 58.7 Å². The Bertz CT molecular complexity index is 1630. The Morgan fingerprint density at radius 3 is 2.53 bits per heavy atom. The predicted octanol–water partition coefficient (Wildman–Crippen LogP) is 3.31. The number of fused-ring (bicyclic) bond motifs is 1. The van der Waals surface area contributed by atoms with Crippen LogP contribution in [-0.4, -0.2) is 51.9 Å². The van der Waals surface area contributed by atoms with Gasteiger partial charge in [-0.25, -0.2) is 22.2 Å². The van der Waals surface area contributed by atoms with Crippen LogP contribution in [0.3, 0.4) is 0 Å². The van der Waals surface area contributed by atoms with Crippen LogP contribution < -0.4 is 9.47 Å². The molecule has 4 aromatic rings. The third-order valence-corrected chi connectivity index (χ3v) is 8.66. The zero-order valence-electron chi connectivity index (χ0n) is 19.9. The second-order valence-corrected chi connectivity index (χ2v) is 11.0. The van der Waals surface area contributed by atoms with Crippen molar-refractivity contribution in [1.29, 1.82) is 0 Å². The number of rotatable bonds is 8. The molecule has 2 aromatic heterocycles. The van der Waals surface area contributed by atoms with E-state index in [9.17, 15) is 22.5 Å². The van der Waals surface area contributed by atoms with Crippen molar-refractivity contribution >= 4 is 37.8 Å². The normalized spacial score (nSPS) is 12.4. The van der Waals surface area contributed by atoms with Crippen LogP contribution in [0.5, 0.6) is 11.5 Å². The monoisotopic (exact) mass is 529 g/mol. The molecule has 0 saturated carbocycles. The lowest BCUT2D eigenvalue weighted by molar-refractivity contribution is 0.0696. The number of carboxylic acids is 1. The highest BCUT2D eigenvalue weighted by Crippen LogP contribution is 2.30. The summed E-state index contributed by atoms with van der Waals surface area (Å²) in [5.74, 6) is -0.344. The highest BCUT2D eigenvalue weighted by molar-refractivity contribution is 7.91. The summed E-state index contributed by atoms with van der Waals surface area (Å²) < 4.78 is 52.7. The van der Waals surface area contributed by atoms with Crippen molar-refractivity contribution in [3.63, 3.8) is 0 Å². The Morgan fingerprint density at radius 1 is 1.11 bits per heavy atom. The summed E-state index contributed by atoms with van der Waals surface area (Å²) in [6, 6.07) is 9.55. The Labute approximate surface area is 210 Å². The lowest BCUT2D eigenvalue weighted by atomic mass is 10.1. The SMILES string of the molecule is COc1ccc2c(c1)nc(S(=O)Cc1ncc(C)c(OC)c1C)n2S(=O)(=O)c1cccc(C(=O)O)c1. The quantitative estimate of drug-likeness (QED) is 0.364. The molecule has 36 heavy (non-hydrogen) atoms. The van der Waals surface area contributed by atoms with Crippen LogP contribution in [0.2, 0.25) is 0 Å². The molecule has 10 nitrogen and oxygen atoms in total. The van der Waals surface area contributed by atoms with E-state index in [0.717, 1.165) is 15.6 Å². The van der Waals surface area contributed by atoms with Gasteiger partial charge in [-0.2, -0.15) is 0 Å². The standard InChI is InChI=1S/C24H23N3O7S2/c1-14-12-25-20(15(2)22(14)34-4)13-35(30)24-26-19-11-17(33-3)8-9-21(19)27(24)36(31,32)18-7-5-6-16(10-18)23(28)29/h5-12H,13H2,1-4H3,(H,28,29). The van der Waals surface area contributed by atoms with Gasteiger partial charge in [0.1, 0.15) is 11.5 Å². The van der Waals surface area contributed by atoms with Gasteiger partial charge in [-0.1, -0.05) is 6.07 Å². The number of hydrogen-bond donors (Lipinski definition) is 1. The number of aromatic carboxylic acids is 1. The second kappa shape index (κ2) is 9.70. The van der Waals surface area contributed by atoms with E-state index < -0.39 is 26.8 Å². The Balaban J connectivity index is 1.90. The molecule has 0 aliphatic heterocycles. The van der Waals surface area contributed by atoms with Crippen LogP contribution in [0, 0.1) is 13.8 Å². The van der Waals surface area contributed by atoms with Crippen molar-refractivity contribution in [3.8, 4) is 11.5 Å². The first-order valence-electron chi connectivity index (χ1n) is 10.6. The first kappa shape index (κ1) is 25.3. The Morgan fingerprint density at radius 2 is 1.86 bits per heavy atom. The van der Waals surface area contributed by atoms with Gasteiger partial charge in [0.15, 0.2) is 0 Å². The van der Waals surface area contributed by atoms with Gasteiger partial charge in [0.2, 0.25) is 5.16 Å². The van der Waals surface area contributed by atoms with E-state index >= 15 is 0 Å². The second-order valence-electron chi connectivity index (χ2n) is 7.89. The molecule has 2 aromatic carbocycles. The van der Waals surface area contributed by atoms with Crippen LogP contribution in [0.4, 0.5) is 0 Å². The van der Waals surface area contributed by atoms with Crippen molar-refractivity contribution < 1.29 is 32.0 Å². The molecular weight excluding hydrogens is 506 g/mol. The fourth-order valence-electron chi connectivity index (χ4n) is 3.82. The number of pyridine rings is 1. The molecule has 0 amide bonds. The van der Waals surface area contributed by atoms with E-state index in [0.29, 0.717) is 22.8 Å². The third-order valence-electron chi connectivity index (χ3n) is 5.63. The number of nitrogens with zero attached hydrogens (tertiary/aromatic N) is 3. The Hall–Kier alpha value is -3.77. The number of methoxy groups -OCH3 is 2. The molecule has 0 saturated heterocycles. The van der Waals surface area contributed by atoms with Crippen molar-refractivity contribution in [2.45, 2.75) is 29.7 Å². The fourth-order valence-corrected chi connectivity index (χ4v) is 6.91. The van der Waals surface area contributed by atoms with Crippen LogP contribution in [-0.2, 0) is 26.6 Å². The molecule has 0 aliphatic rings. The smallest absolute Gasteiger partial charge is 0.335 e. The minimum Gasteiger partial charge on any atom is -0.497 e. The van der Waals surface area contributed by atoms with Gasteiger partial charge in [0, 0.05) is 23.4 Å².